The van der Waals surface area contributed by atoms with Gasteiger partial charge in [0.15, 0.2) is 0 Å². The van der Waals surface area contributed by atoms with E-state index in [1.807, 2.05) is 0 Å². The third kappa shape index (κ3) is 2.72. The molecule has 0 spiro atoms. The van der Waals surface area contributed by atoms with E-state index >= 15 is 0 Å². The molecule has 1 aliphatic carbocycles. The Balaban J connectivity index is 2.19. The zero-order valence-electron chi connectivity index (χ0n) is 11.2. The topological polar surface area (TPSA) is 118 Å². The smallest absolute Gasteiger partial charge is 0.293 e. The van der Waals surface area contributed by atoms with E-state index in [1.54, 1.807) is 6.92 Å². The van der Waals surface area contributed by atoms with Crippen molar-refractivity contribution in [2.24, 2.45) is 5.41 Å². The molecule has 0 aromatic heterocycles. The minimum atomic E-state index is -0.602. The summed E-state index contributed by atoms with van der Waals surface area (Å²) in [5.74, 6) is -0.450. The summed E-state index contributed by atoms with van der Waals surface area (Å²) in [5, 5.41) is 22.8. The summed E-state index contributed by atoms with van der Waals surface area (Å²) < 4.78 is 0. The molecule has 1 amide bonds. The van der Waals surface area contributed by atoms with Gasteiger partial charge in [-0.25, -0.2) is 0 Å². The SMILES string of the molecule is Cc1cc(C(=O)NCC2(CO)CC2)c(N)c([N+](=O)[O-])c1. The molecule has 7 nitrogen and oxygen atoms in total. The number of rotatable bonds is 5. The molecule has 0 saturated heterocycles. The lowest BCUT2D eigenvalue weighted by Gasteiger charge is -2.14. The van der Waals surface area contributed by atoms with Gasteiger partial charge in [0.05, 0.1) is 17.1 Å². The first kappa shape index (κ1) is 14.3. The molecule has 1 aromatic rings. The van der Waals surface area contributed by atoms with E-state index in [4.69, 9.17) is 5.73 Å². The largest absolute Gasteiger partial charge is 0.396 e. The van der Waals surface area contributed by atoms with E-state index in [0.717, 1.165) is 12.8 Å². The fourth-order valence-corrected chi connectivity index (χ4v) is 2.05. The quantitative estimate of drug-likeness (QED) is 0.422. The molecule has 1 saturated carbocycles. The van der Waals surface area contributed by atoms with Gasteiger partial charge in [0.1, 0.15) is 5.69 Å². The number of nitro groups is 1. The number of anilines is 1. The molecule has 0 aliphatic heterocycles. The lowest BCUT2D eigenvalue weighted by molar-refractivity contribution is -0.384. The molecule has 0 unspecified atom stereocenters. The maximum absolute atomic E-state index is 12.1. The van der Waals surface area contributed by atoms with Crippen LogP contribution in [0.2, 0.25) is 0 Å². The van der Waals surface area contributed by atoms with Crippen LogP contribution in [0.1, 0.15) is 28.8 Å². The summed E-state index contributed by atoms with van der Waals surface area (Å²) >= 11 is 0. The predicted molar refractivity (Wildman–Crippen MR) is 73.3 cm³/mol. The van der Waals surface area contributed by atoms with Gasteiger partial charge in [0, 0.05) is 18.0 Å². The molecular formula is C13H17N3O4. The highest BCUT2D eigenvalue weighted by molar-refractivity contribution is 6.01. The summed E-state index contributed by atoms with van der Waals surface area (Å²) in [6.45, 7) is 2.04. The maximum atomic E-state index is 12.1. The van der Waals surface area contributed by atoms with Gasteiger partial charge in [-0.1, -0.05) is 0 Å². The summed E-state index contributed by atoms with van der Waals surface area (Å²) in [6, 6.07) is 2.86. The van der Waals surface area contributed by atoms with Crippen molar-refractivity contribution in [1.82, 2.24) is 5.32 Å². The van der Waals surface area contributed by atoms with Gasteiger partial charge in [-0.3, -0.25) is 14.9 Å². The standard InChI is InChI=1S/C13H17N3O4/c1-8-4-9(11(14)10(5-8)16(19)20)12(18)15-6-13(7-17)2-3-13/h4-5,17H,2-3,6-7,14H2,1H3,(H,15,18). The van der Waals surface area contributed by atoms with Crippen LogP contribution in [-0.4, -0.2) is 29.1 Å². The van der Waals surface area contributed by atoms with E-state index < -0.39 is 10.8 Å². The molecule has 0 heterocycles. The first-order chi connectivity index (χ1) is 9.38. The molecule has 108 valence electrons. The first-order valence-electron chi connectivity index (χ1n) is 6.32. The lowest BCUT2D eigenvalue weighted by Crippen LogP contribution is -2.32. The van der Waals surface area contributed by atoms with Crippen LogP contribution in [0, 0.1) is 22.5 Å². The van der Waals surface area contributed by atoms with Crippen molar-refractivity contribution in [2.45, 2.75) is 19.8 Å². The zero-order valence-corrected chi connectivity index (χ0v) is 11.2. The highest BCUT2D eigenvalue weighted by Gasteiger charge is 2.42. The van der Waals surface area contributed by atoms with Crippen LogP contribution in [0.15, 0.2) is 12.1 Å². The molecule has 1 aliphatic rings. The molecule has 1 aromatic carbocycles. The molecule has 7 heteroatoms. The number of nitrogens with zero attached hydrogens (tertiary/aromatic N) is 1. The monoisotopic (exact) mass is 279 g/mol. The number of hydrogen-bond acceptors (Lipinski definition) is 5. The molecule has 1 fully saturated rings. The Morgan fingerprint density at radius 1 is 1.55 bits per heavy atom. The maximum Gasteiger partial charge on any atom is 0.293 e. The van der Waals surface area contributed by atoms with Gasteiger partial charge >= 0.3 is 0 Å². The van der Waals surface area contributed by atoms with Gasteiger partial charge in [-0.05, 0) is 31.4 Å². The summed E-state index contributed by atoms with van der Waals surface area (Å²) in [7, 11) is 0. The third-order valence-electron chi connectivity index (χ3n) is 3.66. The number of aryl methyl sites for hydroxylation is 1. The Morgan fingerprint density at radius 3 is 2.70 bits per heavy atom. The van der Waals surface area contributed by atoms with Gasteiger partial charge in [0.2, 0.25) is 0 Å². The molecule has 4 N–H and O–H groups in total. The number of nitrogen functional groups attached to an aromatic ring is 1. The Bertz CT molecular complexity index is 567. The molecule has 0 atom stereocenters. The number of aliphatic hydroxyl groups excluding tert-OH is 1. The second-order valence-electron chi connectivity index (χ2n) is 5.34. The minimum absolute atomic E-state index is 0.0245. The summed E-state index contributed by atoms with van der Waals surface area (Å²) in [4.78, 5) is 22.4. The van der Waals surface area contributed by atoms with Crippen LogP contribution >= 0.6 is 0 Å². The number of nitrogens with two attached hydrogens (primary N) is 1. The second-order valence-corrected chi connectivity index (χ2v) is 5.34. The number of carbonyl (C=O) groups excluding carboxylic acids is 1. The minimum Gasteiger partial charge on any atom is -0.396 e. The van der Waals surface area contributed by atoms with Crippen molar-refractivity contribution in [3.8, 4) is 0 Å². The van der Waals surface area contributed by atoms with Crippen molar-refractivity contribution >= 4 is 17.3 Å². The van der Waals surface area contributed by atoms with Crippen molar-refractivity contribution in [3.05, 3.63) is 33.4 Å². The van der Waals surface area contributed by atoms with Crippen LogP contribution in [0.25, 0.3) is 0 Å². The molecular weight excluding hydrogens is 262 g/mol. The average molecular weight is 279 g/mol. The first-order valence-corrected chi connectivity index (χ1v) is 6.32. The second kappa shape index (κ2) is 5.09. The summed E-state index contributed by atoms with van der Waals surface area (Å²) in [5.41, 5.74) is 5.77. The van der Waals surface area contributed by atoms with Crippen LogP contribution < -0.4 is 11.1 Å². The fraction of sp³-hybridized carbons (Fsp3) is 0.462. The normalized spacial score (nSPS) is 15.7. The average Bonchev–Trinajstić information content (AvgIpc) is 3.18. The van der Waals surface area contributed by atoms with Gasteiger partial charge in [-0.2, -0.15) is 0 Å². The molecule has 0 bridgehead atoms. The van der Waals surface area contributed by atoms with Crippen molar-refractivity contribution in [3.63, 3.8) is 0 Å². The number of aliphatic hydroxyl groups is 1. The lowest BCUT2D eigenvalue weighted by atomic mass is 10.1. The fourth-order valence-electron chi connectivity index (χ4n) is 2.05. The van der Waals surface area contributed by atoms with Crippen LogP contribution in [-0.2, 0) is 0 Å². The number of hydrogen-bond donors (Lipinski definition) is 3. The predicted octanol–water partition coefficient (Wildman–Crippen LogP) is 0.988. The van der Waals surface area contributed by atoms with Gasteiger partial charge in [0.25, 0.3) is 11.6 Å². The van der Waals surface area contributed by atoms with Crippen molar-refractivity contribution in [1.29, 1.82) is 0 Å². The summed E-state index contributed by atoms with van der Waals surface area (Å²) in [6.07, 6.45) is 1.74. The Hall–Kier alpha value is -2.15. The number of nitrogens with one attached hydrogen (secondary N) is 1. The highest BCUT2D eigenvalue weighted by Crippen LogP contribution is 2.44. The highest BCUT2D eigenvalue weighted by atomic mass is 16.6. The number of amides is 1. The number of carbonyl (C=O) groups is 1. The zero-order chi connectivity index (χ0) is 14.9. The van der Waals surface area contributed by atoms with Crippen LogP contribution in [0.3, 0.4) is 0 Å². The van der Waals surface area contributed by atoms with Crippen LogP contribution in [0.4, 0.5) is 11.4 Å². The van der Waals surface area contributed by atoms with E-state index in [0.29, 0.717) is 12.1 Å². The number of nitro benzene ring substituents is 1. The Kier molecular flexibility index (Phi) is 3.63. The van der Waals surface area contributed by atoms with Crippen molar-refractivity contribution < 1.29 is 14.8 Å². The number of benzene rings is 1. The Morgan fingerprint density at radius 2 is 2.20 bits per heavy atom. The van der Waals surface area contributed by atoms with E-state index in [2.05, 4.69) is 5.32 Å². The van der Waals surface area contributed by atoms with E-state index in [9.17, 15) is 20.0 Å². The van der Waals surface area contributed by atoms with Gasteiger partial charge < -0.3 is 16.2 Å². The molecule has 2 rings (SSSR count). The molecule has 0 radical (unpaired) electrons. The van der Waals surface area contributed by atoms with Gasteiger partial charge in [-0.15, -0.1) is 0 Å². The van der Waals surface area contributed by atoms with E-state index in [1.165, 1.54) is 12.1 Å². The Labute approximate surface area is 115 Å². The van der Waals surface area contributed by atoms with E-state index in [-0.39, 0.29) is 29.0 Å². The van der Waals surface area contributed by atoms with Crippen LogP contribution in [0.5, 0.6) is 0 Å². The third-order valence-corrected chi connectivity index (χ3v) is 3.66. The molecule has 20 heavy (non-hydrogen) atoms. The van der Waals surface area contributed by atoms with Crippen molar-refractivity contribution in [2.75, 3.05) is 18.9 Å².